The Bertz CT molecular complexity index is 1330. The Morgan fingerprint density at radius 2 is 1.53 bits per heavy atom. The van der Waals surface area contributed by atoms with E-state index in [0.717, 1.165) is 94.7 Å². The number of ketones is 1. The van der Waals surface area contributed by atoms with E-state index < -0.39 is 0 Å². The van der Waals surface area contributed by atoms with Gasteiger partial charge in [-0.2, -0.15) is 0 Å². The number of nitrogens with zero attached hydrogens (tertiary/aromatic N) is 2. The minimum Gasteiger partial charge on any atom is -0.482 e. The van der Waals surface area contributed by atoms with E-state index in [1.165, 1.54) is 16.7 Å². The van der Waals surface area contributed by atoms with Gasteiger partial charge in [0.1, 0.15) is 5.75 Å². The second-order valence-electron chi connectivity index (χ2n) is 12.0. The maximum atomic E-state index is 13.1. The van der Waals surface area contributed by atoms with E-state index >= 15 is 0 Å². The van der Waals surface area contributed by atoms with Gasteiger partial charge in [-0.1, -0.05) is 60.7 Å². The molecule has 0 bridgehead atoms. The molecule has 6 heteroatoms. The van der Waals surface area contributed by atoms with Crippen LogP contribution in [0.5, 0.6) is 5.75 Å². The van der Waals surface area contributed by atoms with Crippen LogP contribution in [0.4, 0.5) is 0 Å². The van der Waals surface area contributed by atoms with Crippen molar-refractivity contribution < 1.29 is 19.1 Å². The molecule has 3 aromatic rings. The molecule has 2 heterocycles. The zero-order valence-corrected chi connectivity index (χ0v) is 25.6. The van der Waals surface area contributed by atoms with Crippen LogP contribution in [-0.4, -0.2) is 60.9 Å². The van der Waals surface area contributed by atoms with E-state index in [4.69, 9.17) is 9.47 Å². The molecule has 0 saturated carbocycles. The minimum absolute atomic E-state index is 0.0650. The van der Waals surface area contributed by atoms with Gasteiger partial charge in [0.15, 0.2) is 12.4 Å². The molecule has 3 aromatic carbocycles. The molecule has 1 fully saturated rings. The fourth-order valence-electron chi connectivity index (χ4n) is 6.43. The summed E-state index contributed by atoms with van der Waals surface area (Å²) in [5.74, 6) is 1.36. The van der Waals surface area contributed by atoms with Crippen LogP contribution in [0, 0.1) is 5.92 Å². The molecule has 0 unspecified atom stereocenters. The highest BCUT2D eigenvalue weighted by Gasteiger charge is 2.21. The van der Waals surface area contributed by atoms with Crippen molar-refractivity contribution in [2.24, 2.45) is 5.92 Å². The van der Waals surface area contributed by atoms with Crippen molar-refractivity contribution in [2.75, 3.05) is 39.4 Å². The number of likely N-dealkylation sites (tertiary alicyclic amines) is 1. The summed E-state index contributed by atoms with van der Waals surface area (Å²) in [6.45, 7) is 8.05. The van der Waals surface area contributed by atoms with E-state index in [0.29, 0.717) is 18.9 Å². The third-order valence-corrected chi connectivity index (χ3v) is 8.91. The largest absolute Gasteiger partial charge is 0.482 e. The molecular formula is C37H46N2O4. The van der Waals surface area contributed by atoms with Crippen LogP contribution >= 0.6 is 0 Å². The maximum absolute atomic E-state index is 13.1. The number of carbonyl (C=O) groups excluding carboxylic acids is 2. The Kier molecular flexibility index (Phi) is 11.4. The Hall–Kier alpha value is -3.48. The number of fused-ring (bicyclic) bond motifs is 1. The van der Waals surface area contributed by atoms with Crippen LogP contribution in [0.1, 0.15) is 71.6 Å². The normalized spacial score (nSPS) is 16.3. The topological polar surface area (TPSA) is 59.1 Å². The van der Waals surface area contributed by atoms with E-state index in [-0.39, 0.29) is 18.4 Å². The maximum Gasteiger partial charge on any atom is 0.344 e. The number of rotatable bonds is 13. The highest BCUT2D eigenvalue weighted by Crippen LogP contribution is 2.27. The number of hydrogen-bond acceptors (Lipinski definition) is 6. The van der Waals surface area contributed by atoms with Crippen molar-refractivity contribution in [3.8, 4) is 5.75 Å². The number of hydrogen-bond donors (Lipinski definition) is 0. The fourth-order valence-corrected chi connectivity index (χ4v) is 6.43. The standard InChI is InChI=1S/C37H46N2O4/c1-2-42-37(41)28-43-36-14-7-6-12-34(36)27-39-21-17-29(18-22-39)11-8-13-35(40)33-16-15-31-19-23-38(24-20-32(31)25-33)26-30-9-4-3-5-10-30/h3-7,9-10,12,14-16,25,29H,2,8,11,13,17-24,26-28H2,1H3. The predicted molar refractivity (Wildman–Crippen MR) is 170 cm³/mol. The van der Waals surface area contributed by atoms with E-state index in [1.54, 1.807) is 6.92 Å². The lowest BCUT2D eigenvalue weighted by molar-refractivity contribution is -0.145. The highest BCUT2D eigenvalue weighted by atomic mass is 16.6. The summed E-state index contributed by atoms with van der Waals surface area (Å²) in [5.41, 5.74) is 6.08. The van der Waals surface area contributed by atoms with Gasteiger partial charge in [0, 0.05) is 43.7 Å². The number of benzene rings is 3. The molecular weight excluding hydrogens is 536 g/mol. The van der Waals surface area contributed by atoms with Crippen LogP contribution in [0.25, 0.3) is 0 Å². The monoisotopic (exact) mass is 582 g/mol. The van der Waals surface area contributed by atoms with Crippen molar-refractivity contribution in [3.05, 3.63) is 101 Å². The van der Waals surface area contributed by atoms with Gasteiger partial charge < -0.3 is 9.47 Å². The molecule has 228 valence electrons. The predicted octanol–water partition coefficient (Wildman–Crippen LogP) is 6.49. The Morgan fingerprint density at radius 3 is 2.33 bits per heavy atom. The zero-order chi connectivity index (χ0) is 29.9. The van der Waals surface area contributed by atoms with Crippen molar-refractivity contribution in [1.29, 1.82) is 0 Å². The summed E-state index contributed by atoms with van der Waals surface area (Å²) in [4.78, 5) is 29.8. The molecule has 6 nitrogen and oxygen atoms in total. The van der Waals surface area contributed by atoms with Crippen LogP contribution in [0.15, 0.2) is 72.8 Å². The summed E-state index contributed by atoms with van der Waals surface area (Å²) in [7, 11) is 0. The Balaban J connectivity index is 1.03. The highest BCUT2D eigenvalue weighted by molar-refractivity contribution is 5.96. The van der Waals surface area contributed by atoms with Gasteiger partial charge in [-0.15, -0.1) is 0 Å². The van der Waals surface area contributed by atoms with Crippen LogP contribution in [0.3, 0.4) is 0 Å². The average molecular weight is 583 g/mol. The van der Waals surface area contributed by atoms with Crippen molar-refractivity contribution in [3.63, 3.8) is 0 Å². The second-order valence-corrected chi connectivity index (χ2v) is 12.0. The van der Waals surface area contributed by atoms with Gasteiger partial charge in [0.25, 0.3) is 0 Å². The lowest BCUT2D eigenvalue weighted by Gasteiger charge is -2.32. The molecule has 0 N–H and O–H groups in total. The third kappa shape index (κ3) is 9.25. The number of Topliss-reactive ketones (excluding diaryl/α,β-unsaturated/α-hetero) is 1. The summed E-state index contributed by atoms with van der Waals surface area (Å²) < 4.78 is 10.7. The van der Waals surface area contributed by atoms with Crippen LogP contribution in [0.2, 0.25) is 0 Å². The number of ether oxygens (including phenoxy) is 2. The molecule has 2 aliphatic rings. The first-order chi connectivity index (χ1) is 21.1. The number of para-hydroxylation sites is 1. The van der Waals surface area contributed by atoms with E-state index in [9.17, 15) is 9.59 Å². The molecule has 0 aliphatic carbocycles. The van der Waals surface area contributed by atoms with Gasteiger partial charge in [-0.25, -0.2) is 4.79 Å². The number of carbonyl (C=O) groups is 2. The quantitative estimate of drug-likeness (QED) is 0.170. The van der Waals surface area contributed by atoms with Gasteiger partial charge in [-0.05, 0) is 93.3 Å². The van der Waals surface area contributed by atoms with E-state index in [1.807, 2.05) is 18.2 Å². The molecule has 0 aromatic heterocycles. The van der Waals surface area contributed by atoms with Gasteiger partial charge in [0.05, 0.1) is 6.61 Å². The first-order valence-electron chi connectivity index (χ1n) is 16.1. The Labute approximate surface area is 257 Å². The van der Waals surface area contributed by atoms with Gasteiger partial charge in [0.2, 0.25) is 0 Å². The molecule has 5 rings (SSSR count). The molecule has 0 spiro atoms. The zero-order valence-electron chi connectivity index (χ0n) is 25.6. The number of piperidine rings is 1. The minimum atomic E-state index is -0.343. The first-order valence-corrected chi connectivity index (χ1v) is 16.1. The molecule has 0 amide bonds. The third-order valence-electron chi connectivity index (χ3n) is 8.91. The second kappa shape index (κ2) is 15.8. The summed E-state index contributed by atoms with van der Waals surface area (Å²) in [6.07, 6.45) is 7.04. The van der Waals surface area contributed by atoms with Crippen LogP contribution in [-0.2, 0) is 35.5 Å². The van der Waals surface area contributed by atoms with E-state index in [2.05, 4.69) is 64.4 Å². The first kappa shape index (κ1) is 31.0. The SMILES string of the molecule is CCOC(=O)COc1ccccc1CN1CCC(CCCC(=O)c2ccc3c(c2)CCN(Cc2ccccc2)CC3)CC1. The van der Waals surface area contributed by atoms with Crippen molar-refractivity contribution >= 4 is 11.8 Å². The lowest BCUT2D eigenvalue weighted by Crippen LogP contribution is -2.33. The summed E-state index contributed by atoms with van der Waals surface area (Å²) >= 11 is 0. The van der Waals surface area contributed by atoms with Crippen molar-refractivity contribution in [1.82, 2.24) is 9.80 Å². The molecule has 0 atom stereocenters. The summed E-state index contributed by atoms with van der Waals surface area (Å²) in [6, 6.07) is 25.1. The fraction of sp³-hybridized carbons (Fsp3) is 0.459. The van der Waals surface area contributed by atoms with Gasteiger partial charge >= 0.3 is 5.97 Å². The Morgan fingerprint density at radius 1 is 0.814 bits per heavy atom. The lowest BCUT2D eigenvalue weighted by atomic mass is 9.90. The number of esters is 1. The molecule has 1 saturated heterocycles. The molecule has 0 radical (unpaired) electrons. The molecule has 2 aliphatic heterocycles. The molecule has 43 heavy (non-hydrogen) atoms. The van der Waals surface area contributed by atoms with Gasteiger partial charge in [-0.3, -0.25) is 14.6 Å². The van der Waals surface area contributed by atoms with Crippen molar-refractivity contribution in [2.45, 2.75) is 65.0 Å². The smallest absolute Gasteiger partial charge is 0.344 e. The average Bonchev–Trinajstić information content (AvgIpc) is 3.24. The summed E-state index contributed by atoms with van der Waals surface area (Å²) in [5, 5.41) is 0. The van der Waals surface area contributed by atoms with Crippen LogP contribution < -0.4 is 4.74 Å².